The number of aryl methyl sites for hydroxylation is 1. The number of aromatic hydroxyl groups is 1. The van der Waals surface area contributed by atoms with Crippen LogP contribution in [-0.4, -0.2) is 30.2 Å². The molecule has 0 aliphatic rings. The Bertz CT molecular complexity index is 1100. The SMILES string of the molecule is Cc1ccccc1S(=O)(=O)NC(=O)C(=O)c1c(O)[nH]c2ccccc12. The van der Waals surface area contributed by atoms with Gasteiger partial charge in [-0.25, -0.2) is 13.1 Å². The number of sulfonamides is 1. The third kappa shape index (κ3) is 2.99. The summed E-state index contributed by atoms with van der Waals surface area (Å²) in [7, 11) is -4.20. The molecule has 0 fully saturated rings. The molecule has 128 valence electrons. The smallest absolute Gasteiger partial charge is 0.306 e. The lowest BCUT2D eigenvalue weighted by atomic mass is 10.1. The molecule has 1 heterocycles. The van der Waals surface area contributed by atoms with Crippen LogP contribution in [0.15, 0.2) is 53.4 Å². The Hall–Kier alpha value is -3.13. The Morgan fingerprint density at radius 2 is 1.68 bits per heavy atom. The molecule has 0 saturated carbocycles. The predicted octanol–water partition coefficient (Wildman–Crippen LogP) is 1.87. The van der Waals surface area contributed by atoms with Gasteiger partial charge in [-0.1, -0.05) is 36.4 Å². The Morgan fingerprint density at radius 3 is 2.40 bits per heavy atom. The summed E-state index contributed by atoms with van der Waals surface area (Å²) in [6.07, 6.45) is 0. The monoisotopic (exact) mass is 358 g/mol. The van der Waals surface area contributed by atoms with Crippen molar-refractivity contribution in [2.45, 2.75) is 11.8 Å². The quantitative estimate of drug-likeness (QED) is 0.486. The number of benzene rings is 2. The van der Waals surface area contributed by atoms with Gasteiger partial charge in [0.1, 0.15) is 0 Å². The molecule has 1 aromatic heterocycles. The lowest BCUT2D eigenvalue weighted by Crippen LogP contribution is -2.36. The number of carbonyl (C=O) groups excluding carboxylic acids is 2. The van der Waals surface area contributed by atoms with E-state index in [4.69, 9.17) is 0 Å². The first kappa shape index (κ1) is 16.7. The van der Waals surface area contributed by atoms with E-state index in [0.717, 1.165) is 0 Å². The highest BCUT2D eigenvalue weighted by molar-refractivity contribution is 7.90. The van der Waals surface area contributed by atoms with E-state index < -0.39 is 27.6 Å². The molecule has 3 N–H and O–H groups in total. The average molecular weight is 358 g/mol. The third-order valence-corrected chi connectivity index (χ3v) is 5.22. The minimum absolute atomic E-state index is 0.0979. The zero-order valence-electron chi connectivity index (χ0n) is 13.1. The fourth-order valence-corrected chi connectivity index (χ4v) is 3.75. The highest BCUT2D eigenvalue weighted by Gasteiger charge is 2.28. The van der Waals surface area contributed by atoms with Crippen LogP contribution >= 0.6 is 0 Å². The molecular weight excluding hydrogens is 344 g/mol. The van der Waals surface area contributed by atoms with Crippen LogP contribution < -0.4 is 4.72 Å². The number of ketones is 1. The minimum Gasteiger partial charge on any atom is -0.494 e. The van der Waals surface area contributed by atoms with Crippen LogP contribution in [0.4, 0.5) is 0 Å². The van der Waals surface area contributed by atoms with E-state index in [-0.39, 0.29) is 10.5 Å². The summed E-state index contributed by atoms with van der Waals surface area (Å²) in [5, 5.41) is 10.2. The molecule has 0 spiro atoms. The van der Waals surface area contributed by atoms with Crippen molar-refractivity contribution in [1.29, 1.82) is 0 Å². The van der Waals surface area contributed by atoms with Crippen LogP contribution in [0.25, 0.3) is 10.9 Å². The largest absolute Gasteiger partial charge is 0.494 e. The summed E-state index contributed by atoms with van der Waals surface area (Å²) in [6.45, 7) is 1.58. The summed E-state index contributed by atoms with van der Waals surface area (Å²) in [5.41, 5.74) is 0.621. The number of amides is 1. The van der Waals surface area contributed by atoms with Gasteiger partial charge in [0.2, 0.25) is 5.88 Å². The first-order chi connectivity index (χ1) is 11.8. The maximum absolute atomic E-state index is 12.4. The normalized spacial score (nSPS) is 11.4. The number of nitrogens with one attached hydrogen (secondary N) is 2. The number of rotatable bonds is 4. The van der Waals surface area contributed by atoms with Crippen LogP contribution in [-0.2, 0) is 14.8 Å². The number of aromatic amines is 1. The number of H-pyrrole nitrogens is 1. The zero-order valence-corrected chi connectivity index (χ0v) is 13.9. The molecule has 1 amide bonds. The highest BCUT2D eigenvalue weighted by atomic mass is 32.2. The van der Waals surface area contributed by atoms with Gasteiger partial charge in [-0.05, 0) is 24.6 Å². The molecule has 2 aromatic carbocycles. The minimum atomic E-state index is -4.20. The number of aromatic nitrogens is 1. The fourth-order valence-electron chi connectivity index (χ4n) is 2.55. The Balaban J connectivity index is 1.94. The third-order valence-electron chi connectivity index (χ3n) is 3.73. The van der Waals surface area contributed by atoms with Gasteiger partial charge in [0.25, 0.3) is 15.8 Å². The van der Waals surface area contributed by atoms with E-state index in [1.165, 1.54) is 12.1 Å². The van der Waals surface area contributed by atoms with E-state index in [0.29, 0.717) is 16.5 Å². The van der Waals surface area contributed by atoms with Crippen molar-refractivity contribution in [3.63, 3.8) is 0 Å². The predicted molar refractivity (Wildman–Crippen MR) is 90.8 cm³/mol. The fraction of sp³-hybridized carbons (Fsp3) is 0.0588. The number of hydrogen-bond donors (Lipinski definition) is 3. The summed E-state index contributed by atoms with van der Waals surface area (Å²) < 4.78 is 26.4. The van der Waals surface area contributed by atoms with Crippen LogP contribution in [0.5, 0.6) is 5.88 Å². The number of para-hydroxylation sites is 1. The lowest BCUT2D eigenvalue weighted by molar-refractivity contribution is -0.115. The lowest BCUT2D eigenvalue weighted by Gasteiger charge is -2.08. The Labute approximate surface area is 143 Å². The molecular formula is C17H14N2O5S. The number of carbonyl (C=O) groups is 2. The molecule has 0 aliphatic carbocycles. The highest BCUT2D eigenvalue weighted by Crippen LogP contribution is 2.27. The van der Waals surface area contributed by atoms with Crippen molar-refractivity contribution >= 4 is 32.6 Å². The number of hydrogen-bond acceptors (Lipinski definition) is 5. The maximum Gasteiger partial charge on any atom is 0.306 e. The van der Waals surface area contributed by atoms with Crippen molar-refractivity contribution in [1.82, 2.24) is 9.71 Å². The van der Waals surface area contributed by atoms with Gasteiger partial charge in [0, 0.05) is 10.9 Å². The summed E-state index contributed by atoms with van der Waals surface area (Å²) >= 11 is 0. The molecule has 3 aromatic rings. The van der Waals surface area contributed by atoms with Crippen molar-refractivity contribution in [2.75, 3.05) is 0 Å². The first-order valence-corrected chi connectivity index (χ1v) is 8.76. The van der Waals surface area contributed by atoms with Crippen LogP contribution in [0.2, 0.25) is 0 Å². The summed E-state index contributed by atoms with van der Waals surface area (Å²) in [4.78, 5) is 27.0. The van der Waals surface area contributed by atoms with Crippen molar-refractivity contribution in [2.24, 2.45) is 0 Å². The molecule has 0 saturated heterocycles. The van der Waals surface area contributed by atoms with E-state index >= 15 is 0 Å². The van der Waals surface area contributed by atoms with E-state index in [2.05, 4.69) is 4.98 Å². The molecule has 25 heavy (non-hydrogen) atoms. The molecule has 8 heteroatoms. The second-order valence-corrected chi connectivity index (χ2v) is 7.07. The second-order valence-electron chi connectivity index (χ2n) is 5.42. The maximum atomic E-state index is 12.4. The van der Waals surface area contributed by atoms with E-state index in [9.17, 15) is 23.1 Å². The van der Waals surface area contributed by atoms with Crippen LogP contribution in [0.1, 0.15) is 15.9 Å². The molecule has 7 nitrogen and oxygen atoms in total. The number of fused-ring (bicyclic) bond motifs is 1. The van der Waals surface area contributed by atoms with Crippen LogP contribution in [0.3, 0.4) is 0 Å². The summed E-state index contributed by atoms with van der Waals surface area (Å²) in [5.74, 6) is -2.98. The van der Waals surface area contributed by atoms with Gasteiger partial charge in [0.15, 0.2) is 0 Å². The van der Waals surface area contributed by atoms with E-state index in [1.807, 2.05) is 0 Å². The second kappa shape index (κ2) is 6.06. The van der Waals surface area contributed by atoms with Crippen molar-refractivity contribution in [3.05, 3.63) is 59.7 Å². The van der Waals surface area contributed by atoms with E-state index in [1.54, 1.807) is 48.0 Å². The molecule has 0 atom stereocenters. The zero-order chi connectivity index (χ0) is 18.2. The van der Waals surface area contributed by atoms with Crippen molar-refractivity contribution < 1.29 is 23.1 Å². The van der Waals surface area contributed by atoms with Gasteiger partial charge in [-0.3, -0.25) is 9.59 Å². The molecule has 0 bridgehead atoms. The van der Waals surface area contributed by atoms with Gasteiger partial charge in [-0.15, -0.1) is 0 Å². The van der Waals surface area contributed by atoms with Gasteiger partial charge >= 0.3 is 5.91 Å². The number of Topliss-reactive ketones (excluding diaryl/α,β-unsaturated/α-hetero) is 1. The molecule has 0 unspecified atom stereocenters. The van der Waals surface area contributed by atoms with Gasteiger partial charge in [0.05, 0.1) is 10.5 Å². The summed E-state index contributed by atoms with van der Waals surface area (Å²) in [6, 6.07) is 12.6. The molecule has 0 radical (unpaired) electrons. The molecule has 3 rings (SSSR count). The Morgan fingerprint density at radius 1 is 1.04 bits per heavy atom. The van der Waals surface area contributed by atoms with Gasteiger partial charge < -0.3 is 10.1 Å². The van der Waals surface area contributed by atoms with Gasteiger partial charge in [-0.2, -0.15) is 0 Å². The topological polar surface area (TPSA) is 116 Å². The first-order valence-electron chi connectivity index (χ1n) is 7.28. The van der Waals surface area contributed by atoms with Crippen molar-refractivity contribution in [3.8, 4) is 5.88 Å². The standard InChI is InChI=1S/C17H14N2O5S/c1-10-6-2-5-9-13(10)25(23,24)19-17(22)15(20)14-11-7-3-4-8-12(11)18-16(14)21/h2-9,18,21H,1H3,(H,19,22). The molecule has 0 aliphatic heterocycles. The Kier molecular flexibility index (Phi) is 4.05. The van der Waals surface area contributed by atoms with Crippen LogP contribution in [0, 0.1) is 6.92 Å². The average Bonchev–Trinajstić information content (AvgIpc) is 2.89.